The first-order chi connectivity index (χ1) is 9.74. The Bertz CT molecular complexity index is 511. The summed E-state index contributed by atoms with van der Waals surface area (Å²) in [5.74, 6) is 0.642. The Morgan fingerprint density at radius 1 is 1.33 bits per heavy atom. The van der Waals surface area contributed by atoms with E-state index in [1.54, 1.807) is 45.0 Å². The fraction of sp³-hybridized carbons (Fsp3) is 0.467. The molecule has 1 atom stereocenters. The van der Waals surface area contributed by atoms with Crippen molar-refractivity contribution in [2.75, 3.05) is 7.11 Å². The van der Waals surface area contributed by atoms with Crippen LogP contribution in [0.15, 0.2) is 24.3 Å². The molecule has 1 unspecified atom stereocenters. The lowest BCUT2D eigenvalue weighted by molar-refractivity contribution is -0.134. The fourth-order valence-corrected chi connectivity index (χ4v) is 1.68. The zero-order chi connectivity index (χ0) is 16.0. The van der Waals surface area contributed by atoms with Crippen molar-refractivity contribution >= 4 is 12.1 Å². The average molecular weight is 297 g/mol. The number of benzene rings is 1. The predicted octanol–water partition coefficient (Wildman–Crippen LogP) is 2.83. The molecule has 0 spiro atoms. The number of carbonyl (C=O) groups excluding carboxylic acids is 2. The molecule has 0 saturated heterocycles. The summed E-state index contributed by atoms with van der Waals surface area (Å²) in [6.45, 7) is 4.95. The fourth-order valence-electron chi connectivity index (χ4n) is 1.68. The second-order valence-corrected chi connectivity index (χ2v) is 5.68. The van der Waals surface area contributed by atoms with E-state index >= 15 is 0 Å². The van der Waals surface area contributed by atoms with Crippen LogP contribution in [0.2, 0.25) is 0 Å². The standard InChI is InChI=1S/C15H20FNO4/c1-15(2,3)12(13(16)18)17-14(19)21-9-10-6-5-7-11(8-10)20-4/h5-8,12H,9H2,1-4H3,(H,17,19). The number of amides is 1. The van der Waals surface area contributed by atoms with E-state index in [1.807, 2.05) is 0 Å². The minimum absolute atomic E-state index is 0.000369. The number of rotatable bonds is 5. The molecule has 1 amide bonds. The van der Waals surface area contributed by atoms with Crippen LogP contribution in [-0.4, -0.2) is 25.3 Å². The van der Waals surface area contributed by atoms with Crippen molar-refractivity contribution < 1.29 is 23.5 Å². The van der Waals surface area contributed by atoms with Crippen molar-refractivity contribution in [2.45, 2.75) is 33.4 Å². The average Bonchev–Trinajstić information content (AvgIpc) is 2.41. The quantitative estimate of drug-likeness (QED) is 0.849. The van der Waals surface area contributed by atoms with Gasteiger partial charge in [0.2, 0.25) is 0 Å². The second-order valence-electron chi connectivity index (χ2n) is 5.68. The summed E-state index contributed by atoms with van der Waals surface area (Å²) >= 11 is 0. The zero-order valence-corrected chi connectivity index (χ0v) is 12.6. The third-order valence-electron chi connectivity index (χ3n) is 2.86. The van der Waals surface area contributed by atoms with E-state index in [-0.39, 0.29) is 6.61 Å². The van der Waals surface area contributed by atoms with Crippen LogP contribution >= 0.6 is 0 Å². The molecule has 1 rings (SSSR count). The monoisotopic (exact) mass is 297 g/mol. The summed E-state index contributed by atoms with van der Waals surface area (Å²) in [5.41, 5.74) is -0.00994. The number of nitrogens with one attached hydrogen (secondary N) is 1. The van der Waals surface area contributed by atoms with Gasteiger partial charge in [-0.3, -0.25) is 4.79 Å². The summed E-state index contributed by atoms with van der Waals surface area (Å²) in [4.78, 5) is 22.6. The molecule has 0 radical (unpaired) electrons. The molecular formula is C15H20FNO4. The number of halogens is 1. The topological polar surface area (TPSA) is 64.6 Å². The van der Waals surface area contributed by atoms with E-state index in [0.29, 0.717) is 5.75 Å². The molecular weight excluding hydrogens is 277 g/mol. The Morgan fingerprint density at radius 3 is 2.52 bits per heavy atom. The van der Waals surface area contributed by atoms with Crippen LogP contribution in [-0.2, 0) is 16.1 Å². The van der Waals surface area contributed by atoms with Crippen molar-refractivity contribution in [1.82, 2.24) is 5.32 Å². The number of hydrogen-bond donors (Lipinski definition) is 1. The Kier molecular flexibility index (Phi) is 5.69. The molecule has 0 fully saturated rings. The van der Waals surface area contributed by atoms with Gasteiger partial charge in [0, 0.05) is 0 Å². The summed E-state index contributed by atoms with van der Waals surface area (Å²) in [5, 5.41) is 2.24. The highest BCUT2D eigenvalue weighted by atomic mass is 19.1. The van der Waals surface area contributed by atoms with E-state index < -0.39 is 23.6 Å². The predicted molar refractivity (Wildman–Crippen MR) is 75.7 cm³/mol. The van der Waals surface area contributed by atoms with Gasteiger partial charge in [-0.1, -0.05) is 32.9 Å². The highest BCUT2D eigenvalue weighted by molar-refractivity contribution is 5.81. The maximum atomic E-state index is 13.0. The molecule has 5 nitrogen and oxygen atoms in total. The van der Waals surface area contributed by atoms with Crippen LogP contribution in [0, 0.1) is 5.41 Å². The van der Waals surface area contributed by atoms with Crippen molar-refractivity contribution in [2.24, 2.45) is 5.41 Å². The van der Waals surface area contributed by atoms with E-state index in [2.05, 4.69) is 5.32 Å². The van der Waals surface area contributed by atoms with Gasteiger partial charge in [-0.15, -0.1) is 0 Å². The molecule has 21 heavy (non-hydrogen) atoms. The minimum Gasteiger partial charge on any atom is -0.497 e. The SMILES string of the molecule is COc1cccc(COC(=O)NC(C(=O)F)C(C)(C)C)c1. The van der Waals surface area contributed by atoms with Crippen molar-refractivity contribution in [3.05, 3.63) is 29.8 Å². The molecule has 0 aliphatic carbocycles. The van der Waals surface area contributed by atoms with E-state index in [1.165, 1.54) is 7.11 Å². The molecule has 0 aromatic heterocycles. The van der Waals surface area contributed by atoms with Gasteiger partial charge in [0.05, 0.1) is 7.11 Å². The smallest absolute Gasteiger partial charge is 0.408 e. The summed E-state index contributed by atoms with van der Waals surface area (Å²) in [7, 11) is 1.54. The first-order valence-electron chi connectivity index (χ1n) is 6.49. The van der Waals surface area contributed by atoms with Crippen LogP contribution in [0.5, 0.6) is 5.75 Å². The van der Waals surface area contributed by atoms with E-state index in [9.17, 15) is 14.0 Å². The van der Waals surface area contributed by atoms with Crippen LogP contribution in [0.25, 0.3) is 0 Å². The normalized spacial score (nSPS) is 12.4. The lowest BCUT2D eigenvalue weighted by atomic mass is 9.87. The summed E-state index contributed by atoms with van der Waals surface area (Å²) < 4.78 is 23.0. The third kappa shape index (κ3) is 5.41. The highest BCUT2D eigenvalue weighted by Crippen LogP contribution is 2.20. The molecule has 1 aromatic rings. The lowest BCUT2D eigenvalue weighted by Gasteiger charge is -2.26. The first kappa shape index (κ1) is 16.9. The Balaban J connectivity index is 2.59. The molecule has 0 aliphatic rings. The number of methoxy groups -OCH3 is 1. The van der Waals surface area contributed by atoms with Crippen LogP contribution in [0.3, 0.4) is 0 Å². The minimum atomic E-state index is -1.60. The molecule has 0 saturated carbocycles. The van der Waals surface area contributed by atoms with Gasteiger partial charge in [0.1, 0.15) is 18.4 Å². The van der Waals surface area contributed by atoms with Crippen molar-refractivity contribution in [1.29, 1.82) is 0 Å². The molecule has 6 heteroatoms. The molecule has 0 bridgehead atoms. The molecule has 1 aromatic carbocycles. The molecule has 0 heterocycles. The largest absolute Gasteiger partial charge is 0.497 e. The first-order valence-corrected chi connectivity index (χ1v) is 6.49. The number of ether oxygens (including phenoxy) is 2. The van der Waals surface area contributed by atoms with E-state index in [0.717, 1.165) is 5.56 Å². The second kappa shape index (κ2) is 7.06. The van der Waals surface area contributed by atoms with Gasteiger partial charge in [-0.25, -0.2) is 4.79 Å². The summed E-state index contributed by atoms with van der Waals surface area (Å²) in [6, 6.07) is 4.17. The highest BCUT2D eigenvalue weighted by Gasteiger charge is 2.33. The zero-order valence-electron chi connectivity index (χ0n) is 12.6. The number of carbonyl (C=O) groups is 2. The van der Waals surface area contributed by atoms with Crippen LogP contribution in [0.4, 0.5) is 9.18 Å². The molecule has 116 valence electrons. The van der Waals surface area contributed by atoms with Gasteiger partial charge < -0.3 is 14.8 Å². The molecule has 0 aliphatic heterocycles. The Morgan fingerprint density at radius 2 is 2.00 bits per heavy atom. The third-order valence-corrected chi connectivity index (χ3v) is 2.86. The van der Waals surface area contributed by atoms with Crippen LogP contribution < -0.4 is 10.1 Å². The van der Waals surface area contributed by atoms with Crippen molar-refractivity contribution in [3.8, 4) is 5.75 Å². The Hall–Kier alpha value is -2.11. The number of hydrogen-bond acceptors (Lipinski definition) is 4. The number of alkyl carbamates (subject to hydrolysis) is 1. The molecule has 1 N–H and O–H groups in total. The summed E-state index contributed by atoms with van der Waals surface area (Å²) in [6.07, 6.45) is -0.844. The van der Waals surface area contributed by atoms with Gasteiger partial charge >= 0.3 is 12.1 Å². The van der Waals surface area contributed by atoms with Gasteiger partial charge in [0.25, 0.3) is 0 Å². The maximum absolute atomic E-state index is 13.0. The van der Waals surface area contributed by atoms with Crippen molar-refractivity contribution in [3.63, 3.8) is 0 Å². The van der Waals surface area contributed by atoms with Gasteiger partial charge in [-0.05, 0) is 23.1 Å². The lowest BCUT2D eigenvalue weighted by Crippen LogP contribution is -2.47. The van der Waals surface area contributed by atoms with Gasteiger partial charge in [-0.2, -0.15) is 4.39 Å². The van der Waals surface area contributed by atoms with Crippen LogP contribution in [0.1, 0.15) is 26.3 Å². The Labute approximate surface area is 123 Å². The van der Waals surface area contributed by atoms with Gasteiger partial charge in [0.15, 0.2) is 0 Å². The maximum Gasteiger partial charge on any atom is 0.408 e. The van der Waals surface area contributed by atoms with E-state index in [4.69, 9.17) is 9.47 Å².